The molecule has 8 heteroatoms. The van der Waals surface area contributed by atoms with Gasteiger partial charge in [-0.25, -0.2) is 13.2 Å². The molecule has 7 nitrogen and oxygen atoms in total. The van der Waals surface area contributed by atoms with Gasteiger partial charge in [-0.05, 0) is 43.9 Å². The third-order valence-electron chi connectivity index (χ3n) is 5.89. The summed E-state index contributed by atoms with van der Waals surface area (Å²) in [5, 5.41) is 6.96. The minimum Gasteiger partial charge on any atom is -0.444 e. The second kappa shape index (κ2) is 12.8. The Hall–Kier alpha value is -3.91. The van der Waals surface area contributed by atoms with Crippen LogP contribution in [0.2, 0.25) is 0 Å². The molecule has 0 bridgehead atoms. The van der Waals surface area contributed by atoms with E-state index in [1.807, 2.05) is 91.0 Å². The molecule has 0 aromatic heterocycles. The van der Waals surface area contributed by atoms with E-state index in [1.165, 1.54) is 6.08 Å². The zero-order valence-electron chi connectivity index (χ0n) is 22.8. The van der Waals surface area contributed by atoms with E-state index in [0.717, 1.165) is 28.4 Å². The van der Waals surface area contributed by atoms with Crippen LogP contribution in [0.4, 0.5) is 4.79 Å². The maximum absolute atomic E-state index is 13.6. The molecule has 0 radical (unpaired) electrons. The van der Waals surface area contributed by atoms with Crippen LogP contribution in [0.1, 0.15) is 50.3 Å². The molecule has 0 saturated heterocycles. The van der Waals surface area contributed by atoms with E-state index >= 15 is 0 Å². The molecule has 0 aliphatic rings. The second-order valence-corrected chi connectivity index (χ2v) is 12.3. The summed E-state index contributed by atoms with van der Waals surface area (Å²) in [5.74, 6) is -0.268. The lowest BCUT2D eigenvalue weighted by atomic mass is 9.77. The van der Waals surface area contributed by atoms with Gasteiger partial charge in [-0.1, -0.05) is 97.1 Å². The van der Waals surface area contributed by atoms with Crippen LogP contribution in [0.3, 0.4) is 0 Å². The quantitative estimate of drug-likeness (QED) is 0.334. The van der Waals surface area contributed by atoms with Gasteiger partial charge >= 0.3 is 6.09 Å². The molecule has 2 amide bonds. The van der Waals surface area contributed by atoms with Crippen LogP contribution in [0.15, 0.2) is 102 Å². The average molecular weight is 549 g/mol. The molecule has 39 heavy (non-hydrogen) atoms. The number of hydrogen-bond donors (Lipinski definition) is 2. The summed E-state index contributed by atoms with van der Waals surface area (Å²) in [6.07, 6.45) is 1.91. The maximum Gasteiger partial charge on any atom is 0.408 e. The molecule has 1 atom stereocenters. The van der Waals surface area contributed by atoms with Crippen molar-refractivity contribution in [2.24, 2.45) is 0 Å². The van der Waals surface area contributed by atoms with E-state index in [-0.39, 0.29) is 18.7 Å². The number of carbonyl (C=O) groups excluding carboxylic acids is 2. The van der Waals surface area contributed by atoms with Gasteiger partial charge < -0.3 is 15.4 Å². The first-order valence-corrected chi connectivity index (χ1v) is 14.7. The SMILES string of the molecule is CC(C)(C)OC(=O)N[C@H](/C=C/S(C)(=O)=O)CCC(=O)NC(c1ccccc1)(c1ccccc1)c1ccccc1. The maximum atomic E-state index is 13.6. The summed E-state index contributed by atoms with van der Waals surface area (Å²) < 4.78 is 28.8. The predicted molar refractivity (Wildman–Crippen MR) is 154 cm³/mol. The minimum atomic E-state index is -3.44. The van der Waals surface area contributed by atoms with Crippen LogP contribution in [-0.4, -0.2) is 38.3 Å². The van der Waals surface area contributed by atoms with Crippen LogP contribution < -0.4 is 10.6 Å². The molecule has 0 aliphatic carbocycles. The lowest BCUT2D eigenvalue weighted by Crippen LogP contribution is -2.48. The van der Waals surface area contributed by atoms with Crippen molar-refractivity contribution < 1.29 is 22.7 Å². The standard InChI is InChI=1S/C31H36N2O5S/c1-30(2,3)38-29(35)32-27(22-23-39(4,36)37)20-21-28(34)33-31(24-14-8-5-9-15-24,25-16-10-6-11-17-25)26-18-12-7-13-19-26/h5-19,22-23,27H,20-21H2,1-4H3,(H,32,35)(H,33,34)/b23-22+/t27-/m0/s1. The van der Waals surface area contributed by atoms with Crippen molar-refractivity contribution >= 4 is 21.8 Å². The van der Waals surface area contributed by atoms with Crippen molar-refractivity contribution in [1.82, 2.24) is 10.6 Å². The molecular formula is C31H36N2O5S. The molecule has 0 fully saturated rings. The van der Waals surface area contributed by atoms with Crippen LogP contribution in [-0.2, 0) is 24.9 Å². The first-order valence-electron chi connectivity index (χ1n) is 12.7. The van der Waals surface area contributed by atoms with E-state index in [2.05, 4.69) is 10.6 Å². The van der Waals surface area contributed by atoms with Gasteiger partial charge in [0.15, 0.2) is 9.84 Å². The Morgan fingerprint density at radius 1 is 0.821 bits per heavy atom. The van der Waals surface area contributed by atoms with E-state index < -0.39 is 33.1 Å². The fourth-order valence-corrected chi connectivity index (χ4v) is 4.73. The molecule has 3 aromatic carbocycles. The Labute approximate surface area is 231 Å². The Morgan fingerprint density at radius 3 is 1.64 bits per heavy atom. The summed E-state index contributed by atoms with van der Waals surface area (Å²) in [4.78, 5) is 26.0. The first-order chi connectivity index (χ1) is 18.4. The predicted octanol–water partition coefficient (Wildman–Crippen LogP) is 5.33. The van der Waals surface area contributed by atoms with Crippen LogP contribution in [0.25, 0.3) is 0 Å². The summed E-state index contributed by atoms with van der Waals surface area (Å²) >= 11 is 0. The lowest BCUT2D eigenvalue weighted by Gasteiger charge is -2.37. The molecule has 3 rings (SSSR count). The molecule has 206 valence electrons. The van der Waals surface area contributed by atoms with Crippen molar-refractivity contribution in [2.75, 3.05) is 6.26 Å². The molecular weight excluding hydrogens is 512 g/mol. The molecule has 2 N–H and O–H groups in total. The number of ether oxygens (including phenoxy) is 1. The normalized spacial score (nSPS) is 13.0. The number of hydrogen-bond acceptors (Lipinski definition) is 5. The van der Waals surface area contributed by atoms with Crippen molar-refractivity contribution in [2.45, 2.75) is 50.8 Å². The van der Waals surface area contributed by atoms with Gasteiger partial charge in [-0.15, -0.1) is 0 Å². The first kappa shape index (κ1) is 29.6. The molecule has 0 spiro atoms. The monoisotopic (exact) mass is 548 g/mol. The highest BCUT2D eigenvalue weighted by atomic mass is 32.2. The number of carbonyl (C=O) groups is 2. The van der Waals surface area contributed by atoms with E-state index in [0.29, 0.717) is 0 Å². The topological polar surface area (TPSA) is 102 Å². The highest BCUT2D eigenvalue weighted by molar-refractivity contribution is 7.93. The van der Waals surface area contributed by atoms with E-state index in [9.17, 15) is 18.0 Å². The fraction of sp³-hybridized carbons (Fsp3) is 0.290. The Kier molecular flexibility index (Phi) is 9.70. The number of sulfone groups is 1. The van der Waals surface area contributed by atoms with Gasteiger partial charge in [-0.3, -0.25) is 4.79 Å². The third kappa shape index (κ3) is 8.82. The second-order valence-electron chi connectivity index (χ2n) is 10.3. The summed E-state index contributed by atoms with van der Waals surface area (Å²) in [7, 11) is -3.44. The van der Waals surface area contributed by atoms with Crippen molar-refractivity contribution in [1.29, 1.82) is 0 Å². The number of nitrogens with one attached hydrogen (secondary N) is 2. The molecule has 3 aromatic rings. The average Bonchev–Trinajstić information content (AvgIpc) is 2.89. The van der Waals surface area contributed by atoms with Crippen LogP contribution in [0.5, 0.6) is 0 Å². The lowest BCUT2D eigenvalue weighted by molar-refractivity contribution is -0.122. The van der Waals surface area contributed by atoms with Crippen LogP contribution >= 0.6 is 0 Å². The molecule has 0 aliphatic heterocycles. The molecule has 0 saturated carbocycles. The van der Waals surface area contributed by atoms with Crippen molar-refractivity contribution in [3.05, 3.63) is 119 Å². The summed E-state index contributed by atoms with van der Waals surface area (Å²) in [6.45, 7) is 5.20. The van der Waals surface area contributed by atoms with E-state index in [4.69, 9.17) is 4.74 Å². The van der Waals surface area contributed by atoms with E-state index in [1.54, 1.807) is 20.8 Å². The van der Waals surface area contributed by atoms with Gasteiger partial charge in [0, 0.05) is 18.1 Å². The minimum absolute atomic E-state index is 0.0167. The Morgan fingerprint density at radius 2 is 1.26 bits per heavy atom. The van der Waals surface area contributed by atoms with Crippen molar-refractivity contribution in [3.63, 3.8) is 0 Å². The molecule has 0 heterocycles. The number of benzene rings is 3. The largest absolute Gasteiger partial charge is 0.444 e. The van der Waals surface area contributed by atoms with Gasteiger partial charge in [0.25, 0.3) is 0 Å². The van der Waals surface area contributed by atoms with Gasteiger partial charge in [-0.2, -0.15) is 0 Å². The Bertz CT molecular complexity index is 1270. The number of rotatable bonds is 10. The zero-order valence-corrected chi connectivity index (χ0v) is 23.6. The zero-order chi connectivity index (χ0) is 28.5. The summed E-state index contributed by atoms with van der Waals surface area (Å²) in [5.41, 5.74) is 0.952. The van der Waals surface area contributed by atoms with Crippen LogP contribution in [0, 0.1) is 0 Å². The molecule has 0 unspecified atom stereocenters. The third-order valence-corrected chi connectivity index (χ3v) is 6.54. The van der Waals surface area contributed by atoms with Gasteiger partial charge in [0.05, 0.1) is 6.04 Å². The number of amides is 2. The summed E-state index contributed by atoms with van der Waals surface area (Å²) in [6, 6.07) is 28.5. The Balaban J connectivity index is 1.93. The highest BCUT2D eigenvalue weighted by Gasteiger charge is 2.37. The smallest absolute Gasteiger partial charge is 0.408 e. The number of alkyl carbamates (subject to hydrolysis) is 1. The highest BCUT2D eigenvalue weighted by Crippen LogP contribution is 2.36. The van der Waals surface area contributed by atoms with Gasteiger partial charge in [0.1, 0.15) is 11.1 Å². The van der Waals surface area contributed by atoms with Gasteiger partial charge in [0.2, 0.25) is 5.91 Å². The fourth-order valence-electron chi connectivity index (χ4n) is 4.25. The van der Waals surface area contributed by atoms with Crippen molar-refractivity contribution in [3.8, 4) is 0 Å².